The Hall–Kier alpha value is -1.67. The molecular formula is C34H61N5O3. The SMILES string of the molecule is CC(=O)NC1CCC(N(C)C2CC(C3CCC(CN(C)C)CC3)CC(C(=O)NCC3C(=O)NC(C)CC3C)C2C)CC1. The monoisotopic (exact) mass is 587 g/mol. The van der Waals surface area contributed by atoms with Gasteiger partial charge in [-0.1, -0.05) is 13.8 Å². The van der Waals surface area contributed by atoms with Gasteiger partial charge in [0.2, 0.25) is 17.7 Å². The Bertz CT molecular complexity index is 911. The topological polar surface area (TPSA) is 93.8 Å². The van der Waals surface area contributed by atoms with Crippen LogP contribution in [0.2, 0.25) is 0 Å². The van der Waals surface area contributed by atoms with E-state index >= 15 is 0 Å². The average Bonchev–Trinajstić information content (AvgIpc) is 2.92. The summed E-state index contributed by atoms with van der Waals surface area (Å²) in [6, 6.07) is 1.37. The third-order valence-electron chi connectivity index (χ3n) is 11.7. The van der Waals surface area contributed by atoms with Crippen molar-refractivity contribution in [1.29, 1.82) is 0 Å². The fourth-order valence-electron chi connectivity index (χ4n) is 9.27. The average molecular weight is 588 g/mol. The lowest BCUT2D eigenvalue weighted by atomic mass is 9.63. The van der Waals surface area contributed by atoms with Crippen molar-refractivity contribution in [2.75, 3.05) is 34.2 Å². The van der Waals surface area contributed by atoms with Crippen LogP contribution in [0.5, 0.6) is 0 Å². The fraction of sp³-hybridized carbons (Fsp3) is 0.912. The largest absolute Gasteiger partial charge is 0.355 e. The third kappa shape index (κ3) is 8.49. The summed E-state index contributed by atoms with van der Waals surface area (Å²) in [5.74, 6) is 2.73. The Kier molecular flexibility index (Phi) is 11.8. The van der Waals surface area contributed by atoms with Gasteiger partial charge in [-0.3, -0.25) is 14.4 Å². The molecule has 7 unspecified atom stereocenters. The smallest absolute Gasteiger partial charge is 0.225 e. The van der Waals surface area contributed by atoms with Crippen LogP contribution in [0.3, 0.4) is 0 Å². The molecule has 4 aliphatic rings. The molecule has 3 aliphatic carbocycles. The lowest BCUT2D eigenvalue weighted by Crippen LogP contribution is -2.55. The van der Waals surface area contributed by atoms with Crippen molar-refractivity contribution in [3.8, 4) is 0 Å². The molecule has 7 atom stereocenters. The Morgan fingerprint density at radius 2 is 1.55 bits per heavy atom. The maximum atomic E-state index is 13.9. The number of hydrogen-bond donors (Lipinski definition) is 3. The molecule has 0 aromatic carbocycles. The van der Waals surface area contributed by atoms with Crippen molar-refractivity contribution in [1.82, 2.24) is 25.8 Å². The summed E-state index contributed by atoms with van der Waals surface area (Å²) in [5, 5.41) is 9.49. The summed E-state index contributed by atoms with van der Waals surface area (Å²) in [7, 11) is 6.66. The van der Waals surface area contributed by atoms with E-state index in [1.807, 2.05) is 0 Å². The normalized spacial score (nSPS) is 39.5. The van der Waals surface area contributed by atoms with Crippen molar-refractivity contribution in [3.63, 3.8) is 0 Å². The van der Waals surface area contributed by atoms with Crippen molar-refractivity contribution in [3.05, 3.63) is 0 Å². The molecule has 1 aliphatic heterocycles. The van der Waals surface area contributed by atoms with Crippen molar-refractivity contribution >= 4 is 17.7 Å². The first-order valence-corrected chi connectivity index (χ1v) is 17.1. The van der Waals surface area contributed by atoms with E-state index in [-0.39, 0.29) is 47.4 Å². The van der Waals surface area contributed by atoms with E-state index in [2.05, 4.69) is 67.7 Å². The van der Waals surface area contributed by atoms with Crippen LogP contribution >= 0.6 is 0 Å². The molecule has 42 heavy (non-hydrogen) atoms. The zero-order valence-electron chi connectivity index (χ0n) is 27.7. The molecule has 0 aromatic rings. The van der Waals surface area contributed by atoms with Gasteiger partial charge in [-0.2, -0.15) is 0 Å². The minimum atomic E-state index is -0.149. The second-order valence-corrected chi connectivity index (χ2v) is 15.2. The first-order chi connectivity index (χ1) is 19.9. The van der Waals surface area contributed by atoms with Gasteiger partial charge in [0, 0.05) is 50.1 Å². The highest BCUT2D eigenvalue weighted by Crippen LogP contribution is 2.46. The first-order valence-electron chi connectivity index (χ1n) is 17.1. The number of amides is 3. The van der Waals surface area contributed by atoms with Crippen LogP contribution < -0.4 is 16.0 Å². The lowest BCUT2D eigenvalue weighted by Gasteiger charge is -2.49. The Morgan fingerprint density at radius 1 is 0.881 bits per heavy atom. The summed E-state index contributed by atoms with van der Waals surface area (Å²) in [5.41, 5.74) is 0. The maximum absolute atomic E-state index is 13.9. The zero-order valence-corrected chi connectivity index (χ0v) is 27.7. The zero-order chi connectivity index (χ0) is 30.6. The number of carbonyl (C=O) groups excluding carboxylic acids is 3. The summed E-state index contributed by atoms with van der Waals surface area (Å²) < 4.78 is 0. The quantitative estimate of drug-likeness (QED) is 0.379. The molecule has 0 aromatic heterocycles. The van der Waals surface area contributed by atoms with Crippen molar-refractivity contribution in [2.45, 2.75) is 122 Å². The molecule has 0 radical (unpaired) electrons. The molecule has 3 N–H and O–H groups in total. The van der Waals surface area contributed by atoms with Crippen LogP contribution in [0.15, 0.2) is 0 Å². The number of hydrogen-bond acceptors (Lipinski definition) is 5. The number of rotatable bonds is 9. The van der Waals surface area contributed by atoms with E-state index in [1.165, 1.54) is 38.6 Å². The second kappa shape index (κ2) is 14.9. The van der Waals surface area contributed by atoms with Gasteiger partial charge in [0.25, 0.3) is 0 Å². The van der Waals surface area contributed by atoms with Gasteiger partial charge in [0.1, 0.15) is 0 Å². The van der Waals surface area contributed by atoms with Gasteiger partial charge in [0.05, 0.1) is 5.92 Å². The van der Waals surface area contributed by atoms with Gasteiger partial charge >= 0.3 is 0 Å². The summed E-state index contributed by atoms with van der Waals surface area (Å²) >= 11 is 0. The van der Waals surface area contributed by atoms with Crippen molar-refractivity contribution < 1.29 is 14.4 Å². The second-order valence-electron chi connectivity index (χ2n) is 15.2. The fourth-order valence-corrected chi connectivity index (χ4v) is 9.27. The van der Waals surface area contributed by atoms with Crippen LogP contribution in [0.4, 0.5) is 0 Å². The molecule has 4 fully saturated rings. The molecule has 0 bridgehead atoms. The van der Waals surface area contributed by atoms with Crippen LogP contribution in [-0.2, 0) is 14.4 Å². The van der Waals surface area contributed by atoms with Gasteiger partial charge in [0.15, 0.2) is 0 Å². The predicted molar refractivity (Wildman–Crippen MR) is 169 cm³/mol. The summed E-state index contributed by atoms with van der Waals surface area (Å²) in [6.45, 7) is 9.74. The molecule has 3 amide bonds. The third-order valence-corrected chi connectivity index (χ3v) is 11.7. The first kappa shape index (κ1) is 33.2. The molecule has 4 rings (SSSR count). The molecule has 3 saturated carbocycles. The van der Waals surface area contributed by atoms with E-state index in [0.717, 1.165) is 44.4 Å². The van der Waals surface area contributed by atoms with E-state index in [0.29, 0.717) is 36.5 Å². The number of nitrogens with zero attached hydrogens (tertiary/aromatic N) is 2. The van der Waals surface area contributed by atoms with Gasteiger partial charge in [-0.25, -0.2) is 0 Å². The van der Waals surface area contributed by atoms with E-state index in [4.69, 9.17) is 0 Å². The summed E-state index contributed by atoms with van der Waals surface area (Å²) in [4.78, 5) is 43.2. The van der Waals surface area contributed by atoms with Gasteiger partial charge in [-0.05, 0) is 128 Å². The molecule has 1 heterocycles. The van der Waals surface area contributed by atoms with Crippen LogP contribution in [0.1, 0.15) is 98.3 Å². The molecule has 8 heteroatoms. The maximum Gasteiger partial charge on any atom is 0.225 e. The molecule has 8 nitrogen and oxygen atoms in total. The lowest BCUT2D eigenvalue weighted by molar-refractivity contribution is -0.133. The highest BCUT2D eigenvalue weighted by Gasteiger charge is 2.45. The molecule has 240 valence electrons. The molecule has 1 saturated heterocycles. The standard InChI is InChI=1S/C34H61N5O3/c1-21-16-22(2)36-34(42)31(21)19-35-33(41)30-17-27(26-10-8-25(9-11-26)20-38(5)6)18-32(23(30)3)39(7)29-14-12-28(13-15-29)37-24(4)40/h21-23,25-32H,8-20H2,1-7H3,(H,35,41)(H,36,42)(H,37,40). The molecular weight excluding hydrogens is 526 g/mol. The summed E-state index contributed by atoms with van der Waals surface area (Å²) in [6.07, 6.45) is 12.5. The Labute approximate surface area is 255 Å². The van der Waals surface area contributed by atoms with Crippen LogP contribution in [-0.4, -0.2) is 85.9 Å². The number of piperidine rings is 1. The number of carbonyl (C=O) groups is 3. The highest BCUT2D eigenvalue weighted by molar-refractivity contribution is 5.83. The Balaban J connectivity index is 1.43. The van der Waals surface area contributed by atoms with E-state index < -0.39 is 0 Å². The predicted octanol–water partition coefficient (Wildman–Crippen LogP) is 4.04. The van der Waals surface area contributed by atoms with Gasteiger partial charge in [-0.15, -0.1) is 0 Å². The van der Waals surface area contributed by atoms with Crippen LogP contribution in [0.25, 0.3) is 0 Å². The minimum Gasteiger partial charge on any atom is -0.355 e. The van der Waals surface area contributed by atoms with Gasteiger partial charge < -0.3 is 25.8 Å². The van der Waals surface area contributed by atoms with E-state index in [9.17, 15) is 14.4 Å². The Morgan fingerprint density at radius 3 is 2.14 bits per heavy atom. The number of nitrogens with one attached hydrogen (secondary N) is 3. The molecule has 0 spiro atoms. The van der Waals surface area contributed by atoms with Crippen molar-refractivity contribution in [2.24, 2.45) is 41.4 Å². The van der Waals surface area contributed by atoms with E-state index in [1.54, 1.807) is 6.92 Å². The van der Waals surface area contributed by atoms with Crippen LogP contribution in [0, 0.1) is 41.4 Å². The minimum absolute atomic E-state index is 0.0210. The highest BCUT2D eigenvalue weighted by atomic mass is 16.2.